The van der Waals surface area contributed by atoms with Gasteiger partial charge in [-0.1, -0.05) is 83.1 Å². The van der Waals surface area contributed by atoms with E-state index in [1.807, 2.05) is 0 Å². The van der Waals surface area contributed by atoms with E-state index >= 15 is 0 Å². The molecule has 6 atom stereocenters. The first-order valence-corrected chi connectivity index (χ1v) is 25.3. The van der Waals surface area contributed by atoms with Crippen LogP contribution in [0.25, 0.3) is 0 Å². The molecule has 0 saturated carbocycles. The number of amides is 3. The van der Waals surface area contributed by atoms with E-state index in [4.69, 9.17) is 0 Å². The molecule has 0 radical (unpaired) electrons. The van der Waals surface area contributed by atoms with Gasteiger partial charge in [0.15, 0.2) is 0 Å². The van der Waals surface area contributed by atoms with Gasteiger partial charge in [-0.05, 0) is 133 Å². The number of rotatable bonds is 18. The van der Waals surface area contributed by atoms with Crippen molar-refractivity contribution in [3.8, 4) is 0 Å². The van der Waals surface area contributed by atoms with Gasteiger partial charge in [-0.15, -0.1) is 0 Å². The minimum Gasteiger partial charge on any atom is -0.355 e. The summed E-state index contributed by atoms with van der Waals surface area (Å²) >= 11 is 0. The maximum Gasteiger partial charge on any atom is 0.237 e. The maximum absolute atomic E-state index is 11.0. The summed E-state index contributed by atoms with van der Waals surface area (Å²) in [7, 11) is 0. The van der Waals surface area contributed by atoms with Crippen LogP contribution in [0, 0.1) is 35.5 Å². The molecule has 3 amide bonds. The highest BCUT2D eigenvalue weighted by molar-refractivity contribution is 5.84. The van der Waals surface area contributed by atoms with Crippen LogP contribution >= 0.6 is 0 Å². The summed E-state index contributed by atoms with van der Waals surface area (Å²) in [6.07, 6.45) is 6.70. The van der Waals surface area contributed by atoms with Crippen molar-refractivity contribution in [1.82, 2.24) is 63.8 Å². The van der Waals surface area contributed by atoms with Gasteiger partial charge in [0.1, 0.15) is 0 Å². The lowest BCUT2D eigenvalue weighted by atomic mass is 10.2. The fourth-order valence-electron chi connectivity index (χ4n) is 7.19. The summed E-state index contributed by atoms with van der Waals surface area (Å²) in [6.45, 7) is 42.1. The van der Waals surface area contributed by atoms with E-state index in [0.29, 0.717) is 17.8 Å². The van der Waals surface area contributed by atoms with Crippen LogP contribution < -0.4 is 63.8 Å². The smallest absolute Gasteiger partial charge is 0.237 e. The molecule has 6 heterocycles. The Hall–Kier alpha value is -1.95. The minimum atomic E-state index is 0.0670. The summed E-state index contributed by atoms with van der Waals surface area (Å²) in [5, 5.41) is 38.6. The molecular formula is C48H102N12O3. The lowest BCUT2D eigenvalue weighted by Gasteiger charge is -2.12. The molecule has 6 saturated heterocycles. The molecule has 0 aromatic rings. The normalized spacial score (nSPS) is 25.1. The second-order valence-corrected chi connectivity index (χ2v) is 20.8. The van der Waals surface area contributed by atoms with Crippen molar-refractivity contribution >= 4 is 17.7 Å². The Morgan fingerprint density at radius 3 is 0.730 bits per heavy atom. The van der Waals surface area contributed by atoms with Gasteiger partial charge >= 0.3 is 0 Å². The molecule has 0 aromatic heterocycles. The highest BCUT2D eigenvalue weighted by Gasteiger charge is 2.25. The molecule has 15 nitrogen and oxygen atoms in total. The minimum absolute atomic E-state index is 0.0670. The lowest BCUT2D eigenvalue weighted by molar-refractivity contribution is -0.121. The third-order valence-corrected chi connectivity index (χ3v) is 11.1. The number of nitrogens with one attached hydrogen (secondary N) is 12. The number of hydrogen-bond donors (Lipinski definition) is 12. The molecule has 0 aliphatic carbocycles. The fraction of sp³-hybridized carbons (Fsp3) is 0.938. The Balaban J connectivity index is 0.000000378. The molecule has 0 spiro atoms. The van der Waals surface area contributed by atoms with E-state index in [-0.39, 0.29) is 35.8 Å². The van der Waals surface area contributed by atoms with Gasteiger partial charge in [0.2, 0.25) is 17.7 Å². The van der Waals surface area contributed by atoms with Crippen LogP contribution in [0.4, 0.5) is 0 Å². The van der Waals surface area contributed by atoms with Crippen molar-refractivity contribution in [3.05, 3.63) is 0 Å². The van der Waals surface area contributed by atoms with Crippen LogP contribution in [0.1, 0.15) is 122 Å². The highest BCUT2D eigenvalue weighted by Crippen LogP contribution is 2.03. The Labute approximate surface area is 386 Å². The van der Waals surface area contributed by atoms with Gasteiger partial charge in [-0.2, -0.15) is 0 Å². The van der Waals surface area contributed by atoms with E-state index in [1.165, 1.54) is 38.9 Å². The zero-order chi connectivity index (χ0) is 47.0. The fourth-order valence-corrected chi connectivity index (χ4v) is 7.19. The quantitative estimate of drug-likeness (QED) is 0.0961. The Bertz CT molecular complexity index is 1000. The zero-order valence-corrected chi connectivity index (χ0v) is 42.5. The molecule has 15 heteroatoms. The molecule has 12 N–H and O–H groups in total. The van der Waals surface area contributed by atoms with Crippen LogP contribution in [-0.2, 0) is 14.4 Å². The first-order chi connectivity index (χ1) is 30.0. The number of hydrogen-bond acceptors (Lipinski definition) is 12. The van der Waals surface area contributed by atoms with Gasteiger partial charge in [-0.25, -0.2) is 0 Å². The van der Waals surface area contributed by atoms with Gasteiger partial charge in [-0.3, -0.25) is 14.4 Å². The van der Waals surface area contributed by atoms with E-state index in [9.17, 15) is 14.4 Å². The van der Waals surface area contributed by atoms with Crippen LogP contribution in [0.5, 0.6) is 0 Å². The summed E-state index contributed by atoms with van der Waals surface area (Å²) in [5.74, 6) is 4.65. The van der Waals surface area contributed by atoms with Gasteiger partial charge in [0, 0.05) is 57.4 Å². The first-order valence-electron chi connectivity index (χ1n) is 25.3. The predicted molar refractivity (Wildman–Crippen MR) is 265 cm³/mol. The highest BCUT2D eigenvalue weighted by atomic mass is 16.2. The molecule has 6 rings (SSSR count). The van der Waals surface area contributed by atoms with Gasteiger partial charge in [0.05, 0.1) is 18.1 Å². The van der Waals surface area contributed by atoms with Crippen LogP contribution in [0.3, 0.4) is 0 Å². The molecule has 0 aromatic carbocycles. The average molecular weight is 895 g/mol. The Morgan fingerprint density at radius 2 is 0.571 bits per heavy atom. The predicted octanol–water partition coefficient (Wildman–Crippen LogP) is 2.14. The van der Waals surface area contributed by atoms with Crippen LogP contribution in [0.15, 0.2) is 0 Å². The van der Waals surface area contributed by atoms with E-state index in [2.05, 4.69) is 147 Å². The van der Waals surface area contributed by atoms with Crippen molar-refractivity contribution in [2.45, 2.75) is 158 Å². The third kappa shape index (κ3) is 32.4. The zero-order valence-electron chi connectivity index (χ0n) is 42.5. The second-order valence-electron chi connectivity index (χ2n) is 20.8. The van der Waals surface area contributed by atoms with Crippen molar-refractivity contribution < 1.29 is 14.4 Å². The topological polar surface area (TPSA) is 196 Å². The summed E-state index contributed by atoms with van der Waals surface area (Å²) in [6, 6.07) is 2.42. The lowest BCUT2D eigenvalue weighted by Crippen LogP contribution is -2.38. The number of carbonyl (C=O) groups is 3. The molecule has 6 fully saturated rings. The Kier molecular flexibility index (Phi) is 33.9. The molecule has 2 unspecified atom stereocenters. The Morgan fingerprint density at radius 1 is 0.349 bits per heavy atom. The van der Waals surface area contributed by atoms with E-state index in [0.717, 1.165) is 134 Å². The van der Waals surface area contributed by atoms with Crippen molar-refractivity contribution in [3.63, 3.8) is 0 Å². The first kappa shape index (κ1) is 59.1. The third-order valence-electron chi connectivity index (χ3n) is 11.1. The second kappa shape index (κ2) is 36.2. The van der Waals surface area contributed by atoms with E-state index < -0.39 is 0 Å². The summed E-state index contributed by atoms with van der Waals surface area (Å²) in [5.41, 5.74) is 0. The maximum atomic E-state index is 11.0. The van der Waals surface area contributed by atoms with Crippen molar-refractivity contribution in [1.29, 1.82) is 0 Å². The van der Waals surface area contributed by atoms with Crippen LogP contribution in [-0.4, -0.2) is 152 Å². The standard InChI is InChI=1S/3C8H16N2O.3C8H18N2/c3*1-6(2)5-10-7-3-4-9-8(7)11;3*1-7(2)5-10-8-3-4-9-6-8/h3*6-7,10H,3-5H2,1-2H3,(H,9,11);3*7-10H,3-6H2,1-2H3/t2*7-;;2*8-;/m10.10./s1. The molecule has 63 heavy (non-hydrogen) atoms. The van der Waals surface area contributed by atoms with Crippen LogP contribution in [0.2, 0.25) is 0 Å². The molecule has 6 aliphatic rings. The van der Waals surface area contributed by atoms with Gasteiger partial charge in [0.25, 0.3) is 0 Å². The average Bonchev–Trinajstić information content (AvgIpc) is 4.09. The monoisotopic (exact) mass is 895 g/mol. The molecular weight excluding hydrogens is 793 g/mol. The summed E-state index contributed by atoms with van der Waals surface area (Å²) < 4.78 is 0. The molecule has 372 valence electrons. The largest absolute Gasteiger partial charge is 0.355 e. The van der Waals surface area contributed by atoms with Gasteiger partial charge < -0.3 is 63.8 Å². The van der Waals surface area contributed by atoms with Crippen molar-refractivity contribution in [2.75, 3.05) is 98.2 Å². The van der Waals surface area contributed by atoms with Crippen molar-refractivity contribution in [2.24, 2.45) is 35.5 Å². The molecule has 0 bridgehead atoms. The SMILES string of the molecule is CC(C)CNC1CCNC1.CC(C)CNC1CCNC1=O.CC(C)CN[C@@H]1CCNC1.CC(C)CN[C@@H]1CCNC1=O.CC(C)CN[C@H]1CCNC1.CC(C)CN[C@H]1CCNC1=O. The van der Waals surface area contributed by atoms with E-state index in [1.54, 1.807) is 0 Å². The summed E-state index contributed by atoms with van der Waals surface area (Å²) in [4.78, 5) is 33.0. The molecule has 6 aliphatic heterocycles. The number of carbonyl (C=O) groups excluding carboxylic acids is 3.